The summed E-state index contributed by atoms with van der Waals surface area (Å²) >= 11 is 3.53. The Morgan fingerprint density at radius 2 is 2.38 bits per heavy atom. The highest BCUT2D eigenvalue weighted by molar-refractivity contribution is 9.09. The molecule has 1 aliphatic rings. The van der Waals surface area contributed by atoms with E-state index in [1.807, 2.05) is 0 Å². The van der Waals surface area contributed by atoms with Crippen LogP contribution in [0.25, 0.3) is 0 Å². The van der Waals surface area contributed by atoms with Gasteiger partial charge in [0, 0.05) is 17.4 Å². The lowest BCUT2D eigenvalue weighted by Gasteiger charge is -2.04. The molecule has 0 N–H and O–H groups in total. The van der Waals surface area contributed by atoms with Crippen LogP contribution in [0.15, 0.2) is 0 Å². The van der Waals surface area contributed by atoms with E-state index in [9.17, 15) is 0 Å². The number of hydrogen-bond donors (Lipinski definition) is 0. The summed E-state index contributed by atoms with van der Waals surface area (Å²) in [6.07, 6.45) is 1.26. The van der Waals surface area contributed by atoms with Crippen molar-refractivity contribution in [3.63, 3.8) is 0 Å². The second-order valence-corrected chi connectivity index (χ2v) is 3.86. The molecule has 0 saturated heterocycles. The Bertz CT molecular complexity index is 94.5. The summed E-state index contributed by atoms with van der Waals surface area (Å²) < 4.78 is 5.01. The minimum atomic E-state index is 0.453. The zero-order chi connectivity index (χ0) is 6.20. The molecule has 1 rings (SSSR count). The topological polar surface area (TPSA) is 9.23 Å². The van der Waals surface area contributed by atoms with Gasteiger partial charge < -0.3 is 4.74 Å². The van der Waals surface area contributed by atoms with Gasteiger partial charge in [0.2, 0.25) is 0 Å². The molecule has 0 amide bonds. The van der Waals surface area contributed by atoms with Crippen molar-refractivity contribution in [3.05, 3.63) is 0 Å². The molecular formula is C6H11BrO. The predicted molar refractivity (Wildman–Crippen MR) is 37.3 cm³/mol. The largest absolute Gasteiger partial charge is 0.384 e. The summed E-state index contributed by atoms with van der Waals surface area (Å²) in [5, 5.41) is 0. The molecule has 48 valence electrons. The molecule has 2 unspecified atom stereocenters. The SMILES string of the molecule is COCC1(C)CC1Br. The quantitative estimate of drug-likeness (QED) is 0.587. The van der Waals surface area contributed by atoms with Crippen molar-refractivity contribution in [1.82, 2.24) is 0 Å². The van der Waals surface area contributed by atoms with Crippen LogP contribution in [0.1, 0.15) is 13.3 Å². The molecule has 1 saturated carbocycles. The van der Waals surface area contributed by atoms with Gasteiger partial charge in [0.05, 0.1) is 6.61 Å². The first-order valence-electron chi connectivity index (χ1n) is 2.82. The molecule has 8 heavy (non-hydrogen) atoms. The lowest BCUT2D eigenvalue weighted by molar-refractivity contribution is 0.151. The highest BCUT2D eigenvalue weighted by Crippen LogP contribution is 2.50. The van der Waals surface area contributed by atoms with E-state index in [2.05, 4.69) is 22.9 Å². The Morgan fingerprint density at radius 3 is 2.50 bits per heavy atom. The molecule has 1 fully saturated rings. The summed E-state index contributed by atoms with van der Waals surface area (Å²) in [5.41, 5.74) is 0.453. The second kappa shape index (κ2) is 1.99. The standard InChI is InChI=1S/C6H11BrO/c1-6(4-8-2)3-5(6)7/h5H,3-4H2,1-2H3. The number of halogens is 1. The van der Waals surface area contributed by atoms with Gasteiger partial charge in [-0.1, -0.05) is 22.9 Å². The fourth-order valence-corrected chi connectivity index (χ4v) is 1.70. The summed E-state index contributed by atoms with van der Waals surface area (Å²) in [7, 11) is 1.75. The summed E-state index contributed by atoms with van der Waals surface area (Å²) in [6.45, 7) is 3.12. The third-order valence-corrected chi connectivity index (χ3v) is 3.14. The van der Waals surface area contributed by atoms with Gasteiger partial charge in [0.1, 0.15) is 0 Å². The lowest BCUT2D eigenvalue weighted by atomic mass is 10.2. The third-order valence-electron chi connectivity index (χ3n) is 1.72. The van der Waals surface area contributed by atoms with E-state index in [-0.39, 0.29) is 0 Å². The Balaban J connectivity index is 2.25. The van der Waals surface area contributed by atoms with Crippen molar-refractivity contribution in [2.45, 2.75) is 18.2 Å². The van der Waals surface area contributed by atoms with Gasteiger partial charge in [0.25, 0.3) is 0 Å². The molecule has 1 nitrogen and oxygen atoms in total. The van der Waals surface area contributed by atoms with Gasteiger partial charge in [-0.05, 0) is 6.42 Å². The van der Waals surface area contributed by atoms with E-state index in [1.54, 1.807) is 7.11 Å². The molecule has 2 atom stereocenters. The summed E-state index contributed by atoms with van der Waals surface area (Å²) in [4.78, 5) is 0.704. The fourth-order valence-electron chi connectivity index (χ4n) is 0.830. The molecule has 0 aromatic rings. The maximum Gasteiger partial charge on any atom is 0.0527 e. The van der Waals surface area contributed by atoms with Crippen LogP contribution in [-0.2, 0) is 4.74 Å². The molecule has 0 aliphatic heterocycles. The van der Waals surface area contributed by atoms with E-state index in [4.69, 9.17) is 4.74 Å². The first-order valence-corrected chi connectivity index (χ1v) is 3.73. The van der Waals surface area contributed by atoms with Gasteiger partial charge in [-0.15, -0.1) is 0 Å². The smallest absolute Gasteiger partial charge is 0.0527 e. The van der Waals surface area contributed by atoms with Crippen LogP contribution in [0.2, 0.25) is 0 Å². The van der Waals surface area contributed by atoms with Crippen molar-refractivity contribution in [2.24, 2.45) is 5.41 Å². The van der Waals surface area contributed by atoms with Gasteiger partial charge in [0.15, 0.2) is 0 Å². The van der Waals surface area contributed by atoms with Gasteiger partial charge in [-0.3, -0.25) is 0 Å². The lowest BCUT2D eigenvalue weighted by Crippen LogP contribution is -2.05. The Labute approximate surface area is 58.5 Å². The van der Waals surface area contributed by atoms with E-state index < -0.39 is 0 Å². The number of rotatable bonds is 2. The molecule has 0 radical (unpaired) electrons. The molecule has 0 heterocycles. The van der Waals surface area contributed by atoms with E-state index in [0.29, 0.717) is 10.2 Å². The zero-order valence-corrected chi connectivity index (χ0v) is 6.86. The Hall–Kier alpha value is 0.440. The van der Waals surface area contributed by atoms with Crippen LogP contribution in [0, 0.1) is 5.41 Å². The molecule has 1 aliphatic carbocycles. The molecule has 0 bridgehead atoms. The average molecular weight is 179 g/mol. The van der Waals surface area contributed by atoms with Crippen LogP contribution in [-0.4, -0.2) is 18.5 Å². The second-order valence-electron chi connectivity index (χ2n) is 2.76. The van der Waals surface area contributed by atoms with Gasteiger partial charge in [-0.25, -0.2) is 0 Å². The van der Waals surface area contributed by atoms with Crippen LogP contribution >= 0.6 is 15.9 Å². The highest BCUT2D eigenvalue weighted by atomic mass is 79.9. The first-order chi connectivity index (χ1) is 3.69. The fraction of sp³-hybridized carbons (Fsp3) is 1.00. The van der Waals surface area contributed by atoms with Crippen molar-refractivity contribution in [3.8, 4) is 0 Å². The van der Waals surface area contributed by atoms with Crippen molar-refractivity contribution in [2.75, 3.05) is 13.7 Å². The predicted octanol–water partition coefficient (Wildman–Crippen LogP) is 1.81. The van der Waals surface area contributed by atoms with Gasteiger partial charge >= 0.3 is 0 Å². The Kier molecular flexibility index (Phi) is 1.63. The third kappa shape index (κ3) is 1.06. The highest BCUT2D eigenvalue weighted by Gasteiger charge is 2.48. The average Bonchev–Trinajstić information content (AvgIpc) is 2.16. The van der Waals surface area contributed by atoms with Crippen molar-refractivity contribution >= 4 is 15.9 Å². The van der Waals surface area contributed by atoms with Crippen LogP contribution in [0.4, 0.5) is 0 Å². The molecule has 2 heteroatoms. The summed E-state index contributed by atoms with van der Waals surface area (Å²) in [5.74, 6) is 0. The number of ether oxygens (including phenoxy) is 1. The zero-order valence-electron chi connectivity index (χ0n) is 5.28. The van der Waals surface area contributed by atoms with Crippen LogP contribution < -0.4 is 0 Å². The number of methoxy groups -OCH3 is 1. The minimum Gasteiger partial charge on any atom is -0.384 e. The van der Waals surface area contributed by atoms with E-state index in [0.717, 1.165) is 6.61 Å². The summed E-state index contributed by atoms with van der Waals surface area (Å²) in [6, 6.07) is 0. The van der Waals surface area contributed by atoms with Crippen LogP contribution in [0.3, 0.4) is 0 Å². The molecule has 0 aromatic heterocycles. The first kappa shape index (κ1) is 6.56. The monoisotopic (exact) mass is 178 g/mol. The van der Waals surface area contributed by atoms with Crippen molar-refractivity contribution < 1.29 is 4.74 Å². The van der Waals surface area contributed by atoms with E-state index in [1.165, 1.54) is 6.42 Å². The molecular weight excluding hydrogens is 168 g/mol. The number of alkyl halides is 1. The maximum atomic E-state index is 5.01. The Morgan fingerprint density at radius 1 is 1.88 bits per heavy atom. The number of hydrogen-bond acceptors (Lipinski definition) is 1. The van der Waals surface area contributed by atoms with Gasteiger partial charge in [-0.2, -0.15) is 0 Å². The maximum absolute atomic E-state index is 5.01. The molecule has 0 aromatic carbocycles. The van der Waals surface area contributed by atoms with Crippen molar-refractivity contribution in [1.29, 1.82) is 0 Å². The van der Waals surface area contributed by atoms with E-state index >= 15 is 0 Å². The minimum absolute atomic E-state index is 0.453. The van der Waals surface area contributed by atoms with Crippen LogP contribution in [0.5, 0.6) is 0 Å². The normalized spacial score (nSPS) is 44.6. The molecule has 0 spiro atoms.